The molecular formula is C21H24N2O2. The summed E-state index contributed by atoms with van der Waals surface area (Å²) >= 11 is 0. The van der Waals surface area contributed by atoms with E-state index in [2.05, 4.69) is 31.3 Å². The number of rotatable bonds is 5. The van der Waals surface area contributed by atoms with Gasteiger partial charge in [0.2, 0.25) is 0 Å². The zero-order valence-electron chi connectivity index (χ0n) is 15.1. The van der Waals surface area contributed by atoms with E-state index in [9.17, 15) is 4.79 Å². The summed E-state index contributed by atoms with van der Waals surface area (Å²) in [6, 6.07) is 15.3. The van der Waals surface area contributed by atoms with Crippen molar-refractivity contribution in [3.8, 4) is 5.75 Å². The minimum Gasteiger partial charge on any atom is -0.496 e. The minimum absolute atomic E-state index is 0.0659. The molecule has 0 aliphatic carbocycles. The van der Waals surface area contributed by atoms with Crippen LogP contribution in [0.4, 0.5) is 0 Å². The summed E-state index contributed by atoms with van der Waals surface area (Å²) in [6.45, 7) is 6.42. The molecule has 4 heteroatoms. The molecule has 1 N–H and O–H groups in total. The Labute approximate surface area is 149 Å². The third-order valence-corrected chi connectivity index (χ3v) is 3.75. The van der Waals surface area contributed by atoms with Gasteiger partial charge >= 0.3 is 0 Å². The van der Waals surface area contributed by atoms with E-state index in [1.54, 1.807) is 13.2 Å². The molecule has 0 saturated heterocycles. The Hall–Kier alpha value is -2.88. The number of allylic oxidation sites excluding steroid dienone is 1. The number of nitrogens with one attached hydrogen (secondary N) is 1. The average Bonchev–Trinajstić information content (AvgIpc) is 2.61. The molecule has 0 saturated carbocycles. The van der Waals surface area contributed by atoms with Crippen LogP contribution in [0.25, 0.3) is 6.08 Å². The molecule has 2 rings (SSSR count). The molecule has 1 amide bonds. The van der Waals surface area contributed by atoms with Gasteiger partial charge in [-0.15, -0.1) is 0 Å². The molecule has 25 heavy (non-hydrogen) atoms. The first-order valence-corrected chi connectivity index (χ1v) is 8.15. The van der Waals surface area contributed by atoms with Crippen LogP contribution in [0.5, 0.6) is 5.75 Å². The van der Waals surface area contributed by atoms with Crippen LogP contribution >= 0.6 is 0 Å². The quantitative estimate of drug-likeness (QED) is 0.649. The van der Waals surface area contributed by atoms with Gasteiger partial charge < -0.3 is 4.74 Å². The van der Waals surface area contributed by atoms with Gasteiger partial charge in [0, 0.05) is 17.3 Å². The van der Waals surface area contributed by atoms with Crippen LogP contribution in [0.1, 0.15) is 42.3 Å². The van der Waals surface area contributed by atoms with Crippen LogP contribution in [0.2, 0.25) is 0 Å². The third-order valence-electron chi connectivity index (χ3n) is 3.75. The maximum atomic E-state index is 12.1. The molecule has 0 radical (unpaired) electrons. The zero-order chi connectivity index (χ0) is 18.3. The highest BCUT2D eigenvalue weighted by molar-refractivity contribution is 5.94. The highest BCUT2D eigenvalue weighted by Gasteiger charge is 2.13. The molecule has 4 nitrogen and oxygen atoms in total. The summed E-state index contributed by atoms with van der Waals surface area (Å²) in [7, 11) is 1.63. The zero-order valence-corrected chi connectivity index (χ0v) is 15.1. The first-order valence-electron chi connectivity index (χ1n) is 8.15. The van der Waals surface area contributed by atoms with Gasteiger partial charge in [-0.2, -0.15) is 5.10 Å². The SMILES string of the molecule is COc1ccccc1/C=C/C=N\NC(=O)c1ccc(C(C)(C)C)cc1. The Bertz CT molecular complexity index is 769. The van der Waals surface area contributed by atoms with E-state index >= 15 is 0 Å². The predicted octanol–water partition coefficient (Wildman–Crippen LogP) is 4.42. The van der Waals surface area contributed by atoms with E-state index in [0.29, 0.717) is 5.56 Å². The topological polar surface area (TPSA) is 50.7 Å². The number of methoxy groups -OCH3 is 1. The number of benzene rings is 2. The minimum atomic E-state index is -0.234. The number of carbonyl (C=O) groups is 1. The number of hydrazone groups is 1. The van der Waals surface area contributed by atoms with Crippen molar-refractivity contribution in [2.24, 2.45) is 5.10 Å². The van der Waals surface area contributed by atoms with Gasteiger partial charge in [-0.3, -0.25) is 4.79 Å². The van der Waals surface area contributed by atoms with Gasteiger partial charge in [-0.25, -0.2) is 5.43 Å². The number of hydrogen-bond acceptors (Lipinski definition) is 3. The molecule has 130 valence electrons. The maximum absolute atomic E-state index is 12.1. The fourth-order valence-corrected chi connectivity index (χ4v) is 2.28. The van der Waals surface area contributed by atoms with E-state index < -0.39 is 0 Å². The van der Waals surface area contributed by atoms with Crippen LogP contribution in [-0.4, -0.2) is 19.2 Å². The molecule has 0 fully saturated rings. The number of carbonyl (C=O) groups excluding carboxylic acids is 1. The van der Waals surface area contributed by atoms with Crippen LogP contribution in [0.15, 0.2) is 59.7 Å². The Morgan fingerprint density at radius 1 is 1.08 bits per heavy atom. The fraction of sp³-hybridized carbons (Fsp3) is 0.238. The van der Waals surface area contributed by atoms with Gasteiger partial charge in [0.25, 0.3) is 5.91 Å². The second-order valence-corrected chi connectivity index (χ2v) is 6.65. The van der Waals surface area contributed by atoms with Crippen molar-refractivity contribution in [2.45, 2.75) is 26.2 Å². The average molecular weight is 336 g/mol. The first-order chi connectivity index (χ1) is 11.9. The van der Waals surface area contributed by atoms with E-state index in [1.807, 2.05) is 54.6 Å². The fourth-order valence-electron chi connectivity index (χ4n) is 2.28. The van der Waals surface area contributed by atoms with Crippen LogP contribution < -0.4 is 10.2 Å². The summed E-state index contributed by atoms with van der Waals surface area (Å²) in [5, 5.41) is 3.94. The lowest BCUT2D eigenvalue weighted by molar-refractivity contribution is 0.0955. The lowest BCUT2D eigenvalue weighted by Crippen LogP contribution is -2.18. The van der Waals surface area contributed by atoms with Gasteiger partial charge in [0.05, 0.1) is 7.11 Å². The van der Waals surface area contributed by atoms with Crippen molar-refractivity contribution in [3.05, 3.63) is 71.3 Å². The third kappa shape index (κ3) is 5.31. The van der Waals surface area contributed by atoms with E-state index in [1.165, 1.54) is 11.8 Å². The first kappa shape index (κ1) is 18.5. The van der Waals surface area contributed by atoms with Crippen molar-refractivity contribution < 1.29 is 9.53 Å². The van der Waals surface area contributed by atoms with Gasteiger partial charge in [0.1, 0.15) is 5.75 Å². The molecule has 0 aromatic heterocycles. The van der Waals surface area contributed by atoms with Crippen molar-refractivity contribution in [3.63, 3.8) is 0 Å². The molecule has 0 atom stereocenters. The molecule has 0 bridgehead atoms. The summed E-state index contributed by atoms with van der Waals surface area (Å²) in [6.07, 6.45) is 5.15. The van der Waals surface area contributed by atoms with Crippen molar-refractivity contribution >= 4 is 18.2 Å². The van der Waals surface area contributed by atoms with Gasteiger partial charge in [-0.05, 0) is 41.3 Å². The van der Waals surface area contributed by atoms with Gasteiger partial charge in [-0.1, -0.05) is 51.1 Å². The summed E-state index contributed by atoms with van der Waals surface area (Å²) in [5.74, 6) is 0.553. The highest BCUT2D eigenvalue weighted by Crippen LogP contribution is 2.22. The second kappa shape index (κ2) is 8.29. The molecule has 0 aliphatic rings. The smallest absolute Gasteiger partial charge is 0.271 e. The molecule has 2 aromatic rings. The summed E-state index contributed by atoms with van der Waals surface area (Å²) < 4.78 is 5.27. The number of nitrogens with zero attached hydrogens (tertiary/aromatic N) is 1. The summed E-state index contributed by atoms with van der Waals surface area (Å²) in [5.41, 5.74) is 5.30. The van der Waals surface area contributed by atoms with E-state index in [0.717, 1.165) is 11.3 Å². The lowest BCUT2D eigenvalue weighted by atomic mass is 9.87. The number of para-hydroxylation sites is 1. The van der Waals surface area contributed by atoms with Gasteiger partial charge in [0.15, 0.2) is 0 Å². The Morgan fingerprint density at radius 3 is 2.40 bits per heavy atom. The molecule has 0 spiro atoms. The normalized spacial score (nSPS) is 11.8. The molecule has 0 unspecified atom stereocenters. The van der Waals surface area contributed by atoms with Crippen molar-refractivity contribution in [1.29, 1.82) is 0 Å². The maximum Gasteiger partial charge on any atom is 0.271 e. The van der Waals surface area contributed by atoms with E-state index in [-0.39, 0.29) is 11.3 Å². The molecule has 0 heterocycles. The van der Waals surface area contributed by atoms with Crippen molar-refractivity contribution in [2.75, 3.05) is 7.11 Å². The van der Waals surface area contributed by atoms with Crippen molar-refractivity contribution in [1.82, 2.24) is 5.43 Å². The number of hydrogen-bond donors (Lipinski definition) is 1. The Balaban J connectivity index is 1.93. The van der Waals surface area contributed by atoms with E-state index in [4.69, 9.17) is 4.74 Å². The van der Waals surface area contributed by atoms with Crippen LogP contribution in [-0.2, 0) is 5.41 Å². The number of ether oxygens (including phenoxy) is 1. The Kier molecular flexibility index (Phi) is 6.12. The largest absolute Gasteiger partial charge is 0.496 e. The molecule has 0 aliphatic heterocycles. The predicted molar refractivity (Wildman–Crippen MR) is 103 cm³/mol. The Morgan fingerprint density at radius 2 is 1.76 bits per heavy atom. The summed E-state index contributed by atoms with van der Waals surface area (Å²) in [4.78, 5) is 12.1. The molecular weight excluding hydrogens is 312 g/mol. The standard InChI is InChI=1S/C21H24N2O2/c1-21(2,3)18-13-11-17(12-14-18)20(24)23-22-15-7-9-16-8-5-6-10-19(16)25-4/h5-15H,1-4H3,(H,23,24)/b9-7+,22-15-. The molecule has 2 aromatic carbocycles. The van der Waals surface area contributed by atoms with Crippen LogP contribution in [0, 0.1) is 0 Å². The van der Waals surface area contributed by atoms with Crippen LogP contribution in [0.3, 0.4) is 0 Å². The monoisotopic (exact) mass is 336 g/mol. The highest BCUT2D eigenvalue weighted by atomic mass is 16.5. The lowest BCUT2D eigenvalue weighted by Gasteiger charge is -2.18. The number of amides is 1. The second-order valence-electron chi connectivity index (χ2n) is 6.65.